The second-order valence-corrected chi connectivity index (χ2v) is 5.21. The maximum absolute atomic E-state index is 12.0. The number of aryl methyl sites for hydroxylation is 2. The molecule has 0 fully saturated rings. The first-order valence-corrected chi connectivity index (χ1v) is 7.08. The van der Waals surface area contributed by atoms with Crippen molar-refractivity contribution in [2.45, 2.75) is 26.9 Å². The van der Waals surface area contributed by atoms with Gasteiger partial charge in [0.2, 0.25) is 5.91 Å². The Morgan fingerprint density at radius 3 is 2.17 bits per heavy atom. The van der Waals surface area contributed by atoms with Crippen LogP contribution in [0.1, 0.15) is 18.1 Å². The third-order valence-corrected chi connectivity index (χ3v) is 2.99. The van der Waals surface area contributed by atoms with Crippen molar-refractivity contribution < 1.29 is 22.8 Å². The molecule has 0 aliphatic rings. The number of amides is 3. The van der Waals surface area contributed by atoms with Crippen LogP contribution >= 0.6 is 0 Å². The van der Waals surface area contributed by atoms with Gasteiger partial charge >= 0.3 is 12.2 Å². The lowest BCUT2D eigenvalue weighted by Crippen LogP contribution is -2.46. The summed E-state index contributed by atoms with van der Waals surface area (Å²) in [5, 5.41) is 3.47. The summed E-state index contributed by atoms with van der Waals surface area (Å²) in [5.74, 6) is -0.675. The summed E-state index contributed by atoms with van der Waals surface area (Å²) in [4.78, 5) is 24.8. The van der Waals surface area contributed by atoms with Crippen molar-refractivity contribution in [1.29, 1.82) is 0 Å². The number of carbonyl (C=O) groups is 2. The van der Waals surface area contributed by atoms with E-state index in [1.54, 1.807) is 10.2 Å². The van der Waals surface area contributed by atoms with Crippen LogP contribution in [0.3, 0.4) is 0 Å². The van der Waals surface area contributed by atoms with Gasteiger partial charge in [0.05, 0.1) is 6.54 Å². The van der Waals surface area contributed by atoms with Gasteiger partial charge in [-0.3, -0.25) is 10.1 Å². The molecule has 1 rings (SSSR count). The average Bonchev–Trinajstić information content (AvgIpc) is 2.40. The predicted molar refractivity (Wildman–Crippen MR) is 81.4 cm³/mol. The molecule has 0 saturated carbocycles. The van der Waals surface area contributed by atoms with Crippen LogP contribution in [0.5, 0.6) is 0 Å². The van der Waals surface area contributed by atoms with E-state index in [2.05, 4.69) is 0 Å². The number of nitrogens with zero attached hydrogens (tertiary/aromatic N) is 1. The molecule has 1 aromatic carbocycles. The van der Waals surface area contributed by atoms with Gasteiger partial charge < -0.3 is 10.2 Å². The Morgan fingerprint density at radius 1 is 1.13 bits per heavy atom. The quantitative estimate of drug-likeness (QED) is 0.871. The lowest BCUT2D eigenvalue weighted by molar-refractivity contribution is -0.124. The molecular weight excluding hydrogens is 311 g/mol. The molecule has 0 radical (unpaired) electrons. The van der Waals surface area contributed by atoms with Crippen molar-refractivity contribution in [2.24, 2.45) is 0 Å². The third kappa shape index (κ3) is 7.03. The number of hydrogen-bond donors (Lipinski definition) is 2. The molecule has 23 heavy (non-hydrogen) atoms. The van der Waals surface area contributed by atoms with Gasteiger partial charge in [0.15, 0.2) is 0 Å². The van der Waals surface area contributed by atoms with Crippen LogP contribution in [-0.4, -0.2) is 37.7 Å². The lowest BCUT2D eigenvalue weighted by Gasteiger charge is -2.23. The van der Waals surface area contributed by atoms with Crippen LogP contribution in [0, 0.1) is 13.8 Å². The number of benzene rings is 1. The standard InChI is InChI=1S/C15H20F3N3O2/c1-4-21(12-6-10(2)5-11(3)7-12)8-13(22)20-14(23)19-9-15(16,17)18/h5-7H,4,8-9H2,1-3H3,(H2,19,20,22,23). The fourth-order valence-corrected chi connectivity index (χ4v) is 2.08. The average molecular weight is 331 g/mol. The van der Waals surface area contributed by atoms with Gasteiger partial charge in [0.25, 0.3) is 0 Å². The SMILES string of the molecule is CCN(CC(=O)NC(=O)NCC(F)(F)F)c1cc(C)cc(C)c1. The Morgan fingerprint density at radius 2 is 1.70 bits per heavy atom. The molecule has 0 unspecified atom stereocenters. The normalized spacial score (nSPS) is 11.0. The minimum absolute atomic E-state index is 0.126. The molecule has 0 spiro atoms. The van der Waals surface area contributed by atoms with E-state index < -0.39 is 24.7 Å². The number of carbonyl (C=O) groups excluding carboxylic acids is 2. The van der Waals surface area contributed by atoms with Gasteiger partial charge in [-0.15, -0.1) is 0 Å². The molecule has 0 saturated heterocycles. The zero-order chi connectivity index (χ0) is 17.6. The largest absolute Gasteiger partial charge is 0.405 e. The summed E-state index contributed by atoms with van der Waals surface area (Å²) in [5.41, 5.74) is 2.87. The van der Waals surface area contributed by atoms with E-state index in [9.17, 15) is 22.8 Å². The monoisotopic (exact) mass is 331 g/mol. The Kier molecular flexibility index (Phi) is 6.41. The first kappa shape index (κ1) is 18.8. The molecular formula is C15H20F3N3O2. The second-order valence-electron chi connectivity index (χ2n) is 5.21. The third-order valence-electron chi connectivity index (χ3n) is 2.99. The fraction of sp³-hybridized carbons (Fsp3) is 0.467. The minimum atomic E-state index is -4.52. The summed E-state index contributed by atoms with van der Waals surface area (Å²) in [6, 6.07) is 4.62. The summed E-state index contributed by atoms with van der Waals surface area (Å²) < 4.78 is 35.9. The van der Waals surface area contributed by atoms with Crippen LogP contribution in [-0.2, 0) is 4.79 Å². The fourth-order valence-electron chi connectivity index (χ4n) is 2.08. The molecule has 0 aliphatic carbocycles. The summed E-state index contributed by atoms with van der Waals surface area (Å²) in [6.45, 7) is 4.60. The number of hydrogen-bond acceptors (Lipinski definition) is 3. The molecule has 0 aliphatic heterocycles. The maximum atomic E-state index is 12.0. The Hall–Kier alpha value is -2.25. The molecule has 5 nitrogen and oxygen atoms in total. The molecule has 3 amide bonds. The van der Waals surface area contributed by atoms with Gasteiger partial charge in [-0.2, -0.15) is 13.2 Å². The molecule has 0 aromatic heterocycles. The molecule has 0 atom stereocenters. The summed E-state index contributed by atoms with van der Waals surface area (Å²) >= 11 is 0. The summed E-state index contributed by atoms with van der Waals surface area (Å²) in [6.07, 6.45) is -4.52. The molecule has 0 bridgehead atoms. The van der Waals surface area contributed by atoms with Crippen LogP contribution in [0.25, 0.3) is 0 Å². The highest BCUT2D eigenvalue weighted by Gasteiger charge is 2.28. The van der Waals surface area contributed by atoms with Crippen molar-refractivity contribution in [3.8, 4) is 0 Å². The zero-order valence-electron chi connectivity index (χ0n) is 13.3. The van der Waals surface area contributed by atoms with Crippen molar-refractivity contribution >= 4 is 17.6 Å². The van der Waals surface area contributed by atoms with Gasteiger partial charge in [-0.05, 0) is 44.0 Å². The van der Waals surface area contributed by atoms with Crippen molar-refractivity contribution in [2.75, 3.05) is 24.5 Å². The van der Waals surface area contributed by atoms with Crippen LogP contribution in [0.4, 0.5) is 23.7 Å². The number of imide groups is 1. The highest BCUT2D eigenvalue weighted by Crippen LogP contribution is 2.18. The summed E-state index contributed by atoms with van der Waals surface area (Å²) in [7, 11) is 0. The van der Waals surface area contributed by atoms with Gasteiger partial charge in [0.1, 0.15) is 6.54 Å². The van der Waals surface area contributed by atoms with E-state index >= 15 is 0 Å². The maximum Gasteiger partial charge on any atom is 0.405 e. The molecule has 0 heterocycles. The van der Waals surface area contributed by atoms with Crippen LogP contribution < -0.4 is 15.5 Å². The Balaban J connectivity index is 2.61. The number of alkyl halides is 3. The zero-order valence-corrected chi connectivity index (χ0v) is 13.3. The number of likely N-dealkylation sites (N-methyl/N-ethyl adjacent to an activating group) is 1. The van der Waals surface area contributed by atoms with E-state index in [1.165, 1.54) is 0 Å². The second kappa shape index (κ2) is 7.85. The minimum Gasteiger partial charge on any atom is -0.362 e. The first-order chi connectivity index (χ1) is 10.6. The van der Waals surface area contributed by atoms with Crippen LogP contribution in [0.15, 0.2) is 18.2 Å². The number of rotatable bonds is 5. The molecule has 8 heteroatoms. The number of anilines is 1. The number of nitrogens with one attached hydrogen (secondary N) is 2. The lowest BCUT2D eigenvalue weighted by atomic mass is 10.1. The topological polar surface area (TPSA) is 61.4 Å². The molecule has 1 aromatic rings. The van der Waals surface area contributed by atoms with E-state index in [1.807, 2.05) is 44.3 Å². The van der Waals surface area contributed by atoms with E-state index in [0.717, 1.165) is 16.8 Å². The van der Waals surface area contributed by atoms with Crippen molar-refractivity contribution in [3.63, 3.8) is 0 Å². The van der Waals surface area contributed by atoms with E-state index in [4.69, 9.17) is 0 Å². The highest BCUT2D eigenvalue weighted by atomic mass is 19.4. The van der Waals surface area contributed by atoms with Crippen molar-refractivity contribution in [1.82, 2.24) is 10.6 Å². The Labute approximate surface area is 132 Å². The smallest absolute Gasteiger partial charge is 0.362 e. The number of halogens is 3. The van der Waals surface area contributed by atoms with Crippen LogP contribution in [0.2, 0.25) is 0 Å². The van der Waals surface area contributed by atoms with E-state index in [0.29, 0.717) is 6.54 Å². The predicted octanol–water partition coefficient (Wildman–Crippen LogP) is 2.52. The Bertz CT molecular complexity index is 553. The van der Waals surface area contributed by atoms with Crippen molar-refractivity contribution in [3.05, 3.63) is 29.3 Å². The molecule has 128 valence electrons. The molecule has 2 N–H and O–H groups in total. The van der Waals surface area contributed by atoms with Gasteiger partial charge in [-0.25, -0.2) is 4.79 Å². The van der Waals surface area contributed by atoms with Gasteiger partial charge in [-0.1, -0.05) is 6.07 Å². The highest BCUT2D eigenvalue weighted by molar-refractivity contribution is 5.96. The first-order valence-electron chi connectivity index (χ1n) is 7.08. The van der Waals surface area contributed by atoms with Gasteiger partial charge in [0, 0.05) is 12.2 Å². The number of urea groups is 1. The van der Waals surface area contributed by atoms with E-state index in [-0.39, 0.29) is 6.54 Å².